The first kappa shape index (κ1) is 17.7. The lowest BCUT2D eigenvalue weighted by Crippen LogP contribution is -2.26. The lowest BCUT2D eigenvalue weighted by atomic mass is 10.1. The van der Waals surface area contributed by atoms with Gasteiger partial charge in [0, 0.05) is 12.8 Å². The van der Waals surface area contributed by atoms with Gasteiger partial charge in [-0.2, -0.15) is 0 Å². The molecule has 0 aromatic heterocycles. The van der Waals surface area contributed by atoms with Crippen molar-refractivity contribution < 1.29 is 16.8 Å². The first-order valence-electron chi connectivity index (χ1n) is 7.13. The second-order valence-corrected chi connectivity index (χ2v) is 8.93. The third-order valence-electron chi connectivity index (χ3n) is 3.32. The normalized spacial score (nSPS) is 12.2. The molecule has 0 spiro atoms. The van der Waals surface area contributed by atoms with Crippen molar-refractivity contribution in [3.63, 3.8) is 0 Å². The molecular formula is C16H19NO4S2. The third-order valence-corrected chi connectivity index (χ3v) is 6.12. The molecule has 0 amide bonds. The van der Waals surface area contributed by atoms with Crippen LogP contribution in [0.2, 0.25) is 0 Å². The Bertz CT molecular complexity index is 860. The summed E-state index contributed by atoms with van der Waals surface area (Å²) in [7, 11) is -7.47. The Kier molecular flexibility index (Phi) is 5.56. The highest BCUT2D eigenvalue weighted by atomic mass is 32.2. The average Bonchev–Trinajstić information content (AvgIpc) is 2.52. The van der Waals surface area contributed by atoms with Crippen molar-refractivity contribution in [2.24, 2.45) is 0 Å². The van der Waals surface area contributed by atoms with Gasteiger partial charge in [0.15, 0.2) is 9.84 Å². The number of hydrogen-bond donors (Lipinski definition) is 1. The van der Waals surface area contributed by atoms with Gasteiger partial charge in [0.1, 0.15) is 4.90 Å². The summed E-state index contributed by atoms with van der Waals surface area (Å²) < 4.78 is 50.6. The second kappa shape index (κ2) is 7.25. The van der Waals surface area contributed by atoms with Crippen molar-refractivity contribution in [2.75, 3.05) is 12.8 Å². The van der Waals surface area contributed by atoms with E-state index in [1.807, 2.05) is 30.3 Å². The van der Waals surface area contributed by atoms with E-state index in [0.717, 1.165) is 18.2 Å². The molecule has 0 radical (unpaired) electrons. The molecule has 0 aliphatic carbocycles. The molecule has 124 valence electrons. The molecular weight excluding hydrogens is 334 g/mol. The molecule has 23 heavy (non-hydrogen) atoms. The van der Waals surface area contributed by atoms with E-state index in [2.05, 4.69) is 4.72 Å². The second-order valence-electron chi connectivity index (χ2n) is 5.21. The highest BCUT2D eigenvalue weighted by Crippen LogP contribution is 2.20. The van der Waals surface area contributed by atoms with Crippen LogP contribution in [-0.2, 0) is 26.3 Å². The number of rotatable bonds is 7. The number of hydrogen-bond acceptors (Lipinski definition) is 4. The molecule has 0 saturated carbocycles. The Hall–Kier alpha value is -1.70. The standard InChI is InChI=1S/C16H19NO4S2/c1-22(18,19)15-11-5-6-12-16(15)23(20,21)17-13-7-10-14-8-3-2-4-9-14/h2-6,8-9,11-12,17H,7,10,13H2,1H3. The quantitative estimate of drug-likeness (QED) is 0.772. The van der Waals surface area contributed by atoms with E-state index in [4.69, 9.17) is 0 Å². The van der Waals surface area contributed by atoms with Crippen LogP contribution >= 0.6 is 0 Å². The maximum atomic E-state index is 12.3. The molecule has 0 aliphatic rings. The Morgan fingerprint density at radius 1 is 0.826 bits per heavy atom. The van der Waals surface area contributed by atoms with Crippen LogP contribution in [0.15, 0.2) is 64.4 Å². The van der Waals surface area contributed by atoms with E-state index in [9.17, 15) is 16.8 Å². The highest BCUT2D eigenvalue weighted by Gasteiger charge is 2.22. The van der Waals surface area contributed by atoms with Gasteiger partial charge in [-0.3, -0.25) is 0 Å². The molecule has 2 aromatic rings. The van der Waals surface area contributed by atoms with E-state index < -0.39 is 19.9 Å². The van der Waals surface area contributed by atoms with Crippen LogP contribution in [0.3, 0.4) is 0 Å². The van der Waals surface area contributed by atoms with Gasteiger partial charge in [-0.1, -0.05) is 42.5 Å². The minimum absolute atomic E-state index is 0.185. The predicted molar refractivity (Wildman–Crippen MR) is 89.5 cm³/mol. The molecule has 0 saturated heterocycles. The zero-order chi connectivity index (χ0) is 16.9. The van der Waals surface area contributed by atoms with Crippen LogP contribution in [-0.4, -0.2) is 29.6 Å². The molecule has 0 heterocycles. The van der Waals surface area contributed by atoms with Crippen LogP contribution in [0.4, 0.5) is 0 Å². The Morgan fingerprint density at radius 3 is 2.00 bits per heavy atom. The van der Waals surface area contributed by atoms with Gasteiger partial charge in [0.05, 0.1) is 4.90 Å². The first-order valence-corrected chi connectivity index (χ1v) is 10.5. The van der Waals surface area contributed by atoms with E-state index in [0.29, 0.717) is 6.42 Å². The van der Waals surface area contributed by atoms with Gasteiger partial charge in [-0.15, -0.1) is 0 Å². The molecule has 0 unspecified atom stereocenters. The largest absolute Gasteiger partial charge is 0.241 e. The van der Waals surface area contributed by atoms with Crippen molar-refractivity contribution >= 4 is 19.9 Å². The maximum Gasteiger partial charge on any atom is 0.241 e. The molecule has 0 fully saturated rings. The summed E-state index contributed by atoms with van der Waals surface area (Å²) >= 11 is 0. The van der Waals surface area contributed by atoms with E-state index in [1.54, 1.807) is 0 Å². The smallest absolute Gasteiger partial charge is 0.224 e. The lowest BCUT2D eigenvalue weighted by Gasteiger charge is -2.10. The monoisotopic (exact) mass is 353 g/mol. The summed E-state index contributed by atoms with van der Waals surface area (Å²) in [4.78, 5) is -0.391. The van der Waals surface area contributed by atoms with Crippen LogP contribution in [0.1, 0.15) is 12.0 Å². The van der Waals surface area contributed by atoms with Gasteiger partial charge in [-0.25, -0.2) is 21.6 Å². The fourth-order valence-electron chi connectivity index (χ4n) is 2.20. The van der Waals surface area contributed by atoms with Gasteiger partial charge >= 0.3 is 0 Å². The molecule has 5 nitrogen and oxygen atoms in total. The van der Waals surface area contributed by atoms with E-state index >= 15 is 0 Å². The van der Waals surface area contributed by atoms with Gasteiger partial charge < -0.3 is 0 Å². The number of sulfonamides is 1. The number of sulfone groups is 1. The number of benzene rings is 2. The Labute approximate surface area is 137 Å². The molecule has 0 aliphatic heterocycles. The van der Waals surface area contributed by atoms with Gasteiger partial charge in [0.2, 0.25) is 10.0 Å². The maximum absolute atomic E-state index is 12.3. The Morgan fingerprint density at radius 2 is 1.39 bits per heavy atom. The van der Waals surface area contributed by atoms with Crippen LogP contribution in [0, 0.1) is 0 Å². The number of aryl methyl sites for hydroxylation is 1. The molecule has 0 atom stereocenters. The summed E-state index contributed by atoms with van der Waals surface area (Å²) in [5.74, 6) is 0. The highest BCUT2D eigenvalue weighted by molar-refractivity contribution is 7.93. The topological polar surface area (TPSA) is 80.3 Å². The van der Waals surface area contributed by atoms with Crippen LogP contribution < -0.4 is 4.72 Å². The van der Waals surface area contributed by atoms with Gasteiger partial charge in [-0.05, 0) is 30.5 Å². The molecule has 2 aromatic carbocycles. The van der Waals surface area contributed by atoms with Crippen LogP contribution in [0.5, 0.6) is 0 Å². The zero-order valence-electron chi connectivity index (χ0n) is 12.8. The SMILES string of the molecule is CS(=O)(=O)c1ccccc1S(=O)(=O)NCCCc1ccccc1. The average molecular weight is 353 g/mol. The van der Waals surface area contributed by atoms with Crippen molar-refractivity contribution in [1.82, 2.24) is 4.72 Å². The van der Waals surface area contributed by atoms with Crippen molar-refractivity contribution in [2.45, 2.75) is 22.6 Å². The zero-order valence-corrected chi connectivity index (χ0v) is 14.4. The number of nitrogens with one attached hydrogen (secondary N) is 1. The molecule has 1 N–H and O–H groups in total. The van der Waals surface area contributed by atoms with Crippen LogP contribution in [0.25, 0.3) is 0 Å². The molecule has 0 bridgehead atoms. The van der Waals surface area contributed by atoms with Crippen molar-refractivity contribution in [3.8, 4) is 0 Å². The first-order chi connectivity index (χ1) is 10.8. The van der Waals surface area contributed by atoms with E-state index in [1.165, 1.54) is 24.3 Å². The fourth-order valence-corrected chi connectivity index (χ4v) is 4.90. The minimum Gasteiger partial charge on any atom is -0.224 e. The third kappa shape index (κ3) is 4.89. The summed E-state index contributed by atoms with van der Waals surface area (Å²) in [6, 6.07) is 15.4. The summed E-state index contributed by atoms with van der Waals surface area (Å²) in [5, 5.41) is 0. The van der Waals surface area contributed by atoms with Crippen molar-refractivity contribution in [3.05, 3.63) is 60.2 Å². The molecule has 7 heteroatoms. The Balaban J connectivity index is 2.06. The lowest BCUT2D eigenvalue weighted by molar-refractivity contribution is 0.572. The summed E-state index contributed by atoms with van der Waals surface area (Å²) in [5.41, 5.74) is 1.13. The van der Waals surface area contributed by atoms with Crippen molar-refractivity contribution in [1.29, 1.82) is 0 Å². The fraction of sp³-hybridized carbons (Fsp3) is 0.250. The summed E-state index contributed by atoms with van der Waals surface area (Å²) in [6.07, 6.45) is 2.37. The predicted octanol–water partition coefficient (Wildman–Crippen LogP) is 2.00. The minimum atomic E-state index is -3.86. The van der Waals surface area contributed by atoms with Gasteiger partial charge in [0.25, 0.3) is 0 Å². The summed E-state index contributed by atoms with van der Waals surface area (Å²) in [6.45, 7) is 0.245. The molecule has 2 rings (SSSR count). The van der Waals surface area contributed by atoms with E-state index in [-0.39, 0.29) is 16.3 Å².